The van der Waals surface area contributed by atoms with Crippen LogP contribution in [-0.2, 0) is 0 Å². The summed E-state index contributed by atoms with van der Waals surface area (Å²) < 4.78 is 71.5. The number of hydrogen-bond donors (Lipinski definition) is 0. The summed E-state index contributed by atoms with van der Waals surface area (Å²) in [5.41, 5.74) is 1.76. The summed E-state index contributed by atoms with van der Waals surface area (Å²) in [7, 11) is 0. The third-order valence-electron chi connectivity index (χ3n) is 5.63. The molecule has 0 atom stereocenters. The van der Waals surface area contributed by atoms with Crippen LogP contribution in [0.1, 0.15) is 62.5 Å². The Labute approximate surface area is 173 Å². The first-order valence-electron chi connectivity index (χ1n) is 10.3. The first kappa shape index (κ1) is 22.3. The van der Waals surface area contributed by atoms with E-state index in [1.54, 1.807) is 12.1 Å². The van der Waals surface area contributed by atoms with Gasteiger partial charge in [0.25, 0.3) is 0 Å². The van der Waals surface area contributed by atoms with E-state index in [9.17, 15) is 22.0 Å². The van der Waals surface area contributed by atoms with E-state index in [2.05, 4.69) is 11.7 Å². The summed E-state index contributed by atoms with van der Waals surface area (Å²) in [6.07, 6.45) is 5.12. The molecule has 0 spiro atoms. The molecule has 3 rings (SSSR count). The molecule has 1 aliphatic rings. The molecule has 0 saturated heterocycles. The van der Waals surface area contributed by atoms with E-state index in [4.69, 9.17) is 0 Å². The molecule has 162 valence electrons. The molecule has 0 aromatic heterocycles. The molecule has 1 aliphatic carbocycles. The summed E-state index contributed by atoms with van der Waals surface area (Å²) in [5, 5.41) is 0. The molecule has 0 radical (unpaired) electrons. The molecule has 0 amide bonds. The van der Waals surface area contributed by atoms with Crippen molar-refractivity contribution in [1.29, 1.82) is 0 Å². The lowest BCUT2D eigenvalue weighted by Gasteiger charge is -2.28. The minimum Gasteiger partial charge on any atom is -0.429 e. The highest BCUT2D eigenvalue weighted by molar-refractivity contribution is 5.51. The van der Waals surface area contributed by atoms with Gasteiger partial charge in [-0.15, -0.1) is 0 Å². The van der Waals surface area contributed by atoms with E-state index in [1.807, 2.05) is 12.1 Å². The van der Waals surface area contributed by atoms with Crippen molar-refractivity contribution in [1.82, 2.24) is 0 Å². The smallest absolute Gasteiger partial charge is 0.419 e. The van der Waals surface area contributed by atoms with Crippen molar-refractivity contribution < 1.29 is 26.7 Å². The number of ether oxygens (including phenoxy) is 1. The van der Waals surface area contributed by atoms with Gasteiger partial charge in [0.05, 0.1) is 0 Å². The van der Waals surface area contributed by atoms with Crippen LogP contribution in [0.25, 0.3) is 6.08 Å². The van der Waals surface area contributed by atoms with Crippen LogP contribution in [0, 0.1) is 23.4 Å². The standard InChI is InChI=1S/C24H25F5O/c1-2-3-16-4-8-18(9-5-16)19-10-6-17(7-11-19)12-13-24(28,29)30-20-14-21(25)23(27)22(26)15-20/h6-7,10-16,18H,2-5,8-9H2,1H3/b13-12+. The van der Waals surface area contributed by atoms with Crippen LogP contribution >= 0.6 is 0 Å². The second-order valence-corrected chi connectivity index (χ2v) is 7.87. The maximum Gasteiger partial charge on any atom is 0.419 e. The largest absolute Gasteiger partial charge is 0.429 e. The summed E-state index contributed by atoms with van der Waals surface area (Å²) in [4.78, 5) is 0. The number of rotatable bonds is 7. The Morgan fingerprint density at radius 1 is 0.967 bits per heavy atom. The average Bonchev–Trinajstić information content (AvgIpc) is 2.71. The van der Waals surface area contributed by atoms with Gasteiger partial charge >= 0.3 is 6.11 Å². The fourth-order valence-corrected chi connectivity index (χ4v) is 4.05. The number of alkyl halides is 2. The molecule has 0 heterocycles. The van der Waals surface area contributed by atoms with Crippen molar-refractivity contribution in [2.24, 2.45) is 5.92 Å². The lowest BCUT2D eigenvalue weighted by atomic mass is 9.77. The highest BCUT2D eigenvalue weighted by atomic mass is 19.3. The fraction of sp³-hybridized carbons (Fsp3) is 0.417. The second kappa shape index (κ2) is 9.63. The van der Waals surface area contributed by atoms with Crippen LogP contribution in [0.2, 0.25) is 0 Å². The third-order valence-corrected chi connectivity index (χ3v) is 5.63. The zero-order valence-corrected chi connectivity index (χ0v) is 16.8. The van der Waals surface area contributed by atoms with Crippen molar-refractivity contribution in [3.8, 4) is 5.75 Å². The Morgan fingerprint density at radius 3 is 2.13 bits per heavy atom. The van der Waals surface area contributed by atoms with Gasteiger partial charge in [-0.1, -0.05) is 44.0 Å². The number of hydrogen-bond acceptors (Lipinski definition) is 1. The third kappa shape index (κ3) is 5.83. The normalized spacial score (nSPS) is 19.9. The molecule has 0 N–H and O–H groups in total. The van der Waals surface area contributed by atoms with Gasteiger partial charge in [0.15, 0.2) is 17.5 Å². The topological polar surface area (TPSA) is 9.23 Å². The van der Waals surface area contributed by atoms with E-state index < -0.39 is 29.3 Å². The van der Waals surface area contributed by atoms with Crippen molar-refractivity contribution in [3.63, 3.8) is 0 Å². The maximum absolute atomic E-state index is 14.0. The van der Waals surface area contributed by atoms with E-state index in [1.165, 1.54) is 37.3 Å². The van der Waals surface area contributed by atoms with Crippen molar-refractivity contribution in [2.45, 2.75) is 57.5 Å². The quantitative estimate of drug-likeness (QED) is 0.325. The zero-order valence-electron chi connectivity index (χ0n) is 16.8. The average molecular weight is 424 g/mol. The molecule has 6 heteroatoms. The van der Waals surface area contributed by atoms with Gasteiger partial charge < -0.3 is 4.74 Å². The SMILES string of the molecule is CCCC1CCC(c2ccc(/C=C/C(F)(F)Oc3cc(F)c(F)c(F)c3)cc2)CC1. The van der Waals surface area contributed by atoms with Crippen molar-refractivity contribution >= 4 is 6.08 Å². The Bertz CT molecular complexity index is 845. The van der Waals surface area contributed by atoms with Crippen LogP contribution in [0.15, 0.2) is 42.5 Å². The minimum absolute atomic E-state index is 0.379. The van der Waals surface area contributed by atoms with Gasteiger partial charge in [0.2, 0.25) is 0 Å². The first-order chi connectivity index (χ1) is 14.3. The van der Waals surface area contributed by atoms with Crippen LogP contribution < -0.4 is 4.74 Å². The van der Waals surface area contributed by atoms with Crippen molar-refractivity contribution in [3.05, 3.63) is 71.1 Å². The number of benzene rings is 2. The molecule has 1 saturated carbocycles. The van der Waals surface area contributed by atoms with Gasteiger partial charge in [-0.3, -0.25) is 0 Å². The van der Waals surface area contributed by atoms with Crippen LogP contribution in [0.3, 0.4) is 0 Å². The Kier molecular flexibility index (Phi) is 7.16. The Morgan fingerprint density at radius 2 is 1.57 bits per heavy atom. The molecule has 0 unspecified atom stereocenters. The molecule has 0 aliphatic heterocycles. The minimum atomic E-state index is -3.81. The lowest BCUT2D eigenvalue weighted by Crippen LogP contribution is -2.21. The molecular formula is C24H25F5O. The van der Waals surface area contributed by atoms with Gasteiger partial charge in [-0.2, -0.15) is 8.78 Å². The first-order valence-corrected chi connectivity index (χ1v) is 10.3. The molecule has 1 fully saturated rings. The van der Waals surface area contributed by atoms with E-state index in [0.29, 0.717) is 29.7 Å². The second-order valence-electron chi connectivity index (χ2n) is 7.87. The molecular weight excluding hydrogens is 399 g/mol. The van der Waals surface area contributed by atoms with Gasteiger partial charge in [-0.05, 0) is 54.7 Å². The lowest BCUT2D eigenvalue weighted by molar-refractivity contribution is -0.131. The van der Waals surface area contributed by atoms with Crippen LogP contribution in [0.5, 0.6) is 5.75 Å². The van der Waals surface area contributed by atoms with E-state index in [-0.39, 0.29) is 0 Å². The van der Waals surface area contributed by atoms with E-state index >= 15 is 0 Å². The predicted molar refractivity (Wildman–Crippen MR) is 107 cm³/mol. The van der Waals surface area contributed by atoms with Crippen LogP contribution in [-0.4, -0.2) is 6.11 Å². The van der Waals surface area contributed by atoms with Gasteiger partial charge in [0, 0.05) is 18.2 Å². The van der Waals surface area contributed by atoms with E-state index in [0.717, 1.165) is 18.8 Å². The zero-order chi connectivity index (χ0) is 21.7. The highest BCUT2D eigenvalue weighted by Crippen LogP contribution is 2.37. The summed E-state index contributed by atoms with van der Waals surface area (Å²) in [6, 6.07) is 8.19. The summed E-state index contributed by atoms with van der Waals surface area (Å²) in [6.45, 7) is 2.21. The Hall–Kier alpha value is -2.37. The predicted octanol–water partition coefficient (Wildman–Crippen LogP) is 7.86. The summed E-state index contributed by atoms with van der Waals surface area (Å²) in [5.74, 6) is -4.40. The van der Waals surface area contributed by atoms with Gasteiger partial charge in [0.1, 0.15) is 5.75 Å². The van der Waals surface area contributed by atoms with Crippen LogP contribution in [0.4, 0.5) is 22.0 Å². The van der Waals surface area contributed by atoms with Gasteiger partial charge in [-0.25, -0.2) is 13.2 Å². The molecule has 2 aromatic rings. The fourth-order valence-electron chi connectivity index (χ4n) is 4.05. The monoisotopic (exact) mass is 424 g/mol. The molecule has 30 heavy (non-hydrogen) atoms. The molecule has 1 nitrogen and oxygen atoms in total. The maximum atomic E-state index is 14.0. The molecule has 2 aromatic carbocycles. The highest BCUT2D eigenvalue weighted by Gasteiger charge is 2.29. The Balaban J connectivity index is 1.60. The molecule has 0 bridgehead atoms. The summed E-state index contributed by atoms with van der Waals surface area (Å²) >= 11 is 0. The number of halogens is 5. The van der Waals surface area contributed by atoms with Crippen molar-refractivity contribution in [2.75, 3.05) is 0 Å².